The van der Waals surface area contributed by atoms with Gasteiger partial charge in [-0.2, -0.15) is 0 Å². The molecule has 4 nitrogen and oxygen atoms in total. The molecule has 2 unspecified atom stereocenters. The number of benzene rings is 14. The Morgan fingerprint density at radius 3 is 1.11 bits per heavy atom. The largest absolute Gasteiger partial charge is 0.489 e. The average molecular weight is 1290 g/mol. The minimum Gasteiger partial charge on any atom is -0.489 e. The molecule has 0 saturated heterocycles. The molecule has 14 aromatic carbocycles. The molecule has 0 saturated carbocycles. The molecule has 0 spiro atoms. The fraction of sp³-hybridized carbons (Fsp3) is 0.0833. The molecule has 2 aliphatic rings. The Morgan fingerprint density at radius 1 is 0.290 bits per heavy atom. The first kappa shape index (κ1) is 62.6. The van der Waals surface area contributed by atoms with Crippen molar-refractivity contribution in [3.63, 3.8) is 0 Å². The molecule has 14 aromatic rings. The lowest BCUT2D eigenvalue weighted by molar-refractivity contribution is 0.306. The molecule has 0 radical (unpaired) electrons. The zero-order valence-corrected chi connectivity index (χ0v) is 56.9. The summed E-state index contributed by atoms with van der Waals surface area (Å²) in [4.78, 5) is 4.80. The van der Waals surface area contributed by atoms with Crippen molar-refractivity contribution in [2.75, 3.05) is 9.80 Å². The lowest BCUT2D eigenvalue weighted by Gasteiger charge is -2.36. The van der Waals surface area contributed by atoms with Gasteiger partial charge in [0, 0.05) is 34.1 Å². The summed E-state index contributed by atoms with van der Waals surface area (Å²) in [5, 5.41) is 0. The molecule has 0 aromatic heterocycles. The number of fused-ring (bicyclic) bond motifs is 6. The maximum absolute atomic E-state index is 6.47. The van der Waals surface area contributed by atoms with Gasteiger partial charge in [0.25, 0.3) is 0 Å². The van der Waals surface area contributed by atoms with E-state index in [1.54, 1.807) is 0 Å². The van der Waals surface area contributed by atoms with Gasteiger partial charge in [-0.25, -0.2) is 0 Å². The summed E-state index contributed by atoms with van der Waals surface area (Å²) in [7, 11) is 0. The van der Waals surface area contributed by atoms with E-state index in [9.17, 15) is 0 Å². The van der Waals surface area contributed by atoms with Crippen molar-refractivity contribution in [1.29, 1.82) is 0 Å². The van der Waals surface area contributed by atoms with Crippen LogP contribution in [-0.2, 0) is 24.0 Å². The van der Waals surface area contributed by atoms with Gasteiger partial charge in [-0.05, 0) is 236 Å². The smallest absolute Gasteiger partial charge is 0.119 e. The predicted molar refractivity (Wildman–Crippen MR) is 417 cm³/mol. The summed E-state index contributed by atoms with van der Waals surface area (Å²) < 4.78 is 12.9. The van der Waals surface area contributed by atoms with E-state index in [1.165, 1.54) is 89.0 Å². The number of nitrogens with zero attached hydrogens (tertiary/aromatic N) is 2. The topological polar surface area (TPSA) is 24.9 Å². The summed E-state index contributed by atoms with van der Waals surface area (Å²) in [6.45, 7) is 17.7. The van der Waals surface area contributed by atoms with Crippen molar-refractivity contribution < 1.29 is 9.47 Å². The first-order valence-corrected chi connectivity index (χ1v) is 34.5. The van der Waals surface area contributed by atoms with E-state index < -0.39 is 10.8 Å². The van der Waals surface area contributed by atoms with Crippen molar-refractivity contribution in [1.82, 2.24) is 0 Å². The maximum Gasteiger partial charge on any atom is 0.119 e. The Morgan fingerprint density at radius 2 is 0.670 bits per heavy atom. The van der Waals surface area contributed by atoms with Gasteiger partial charge in [0.05, 0.1) is 10.8 Å². The molecule has 2 atom stereocenters. The fourth-order valence-corrected chi connectivity index (χ4v) is 15.8. The second-order valence-electron chi connectivity index (χ2n) is 26.6. The van der Waals surface area contributed by atoms with Crippen molar-refractivity contribution >= 4 is 46.3 Å². The summed E-state index contributed by atoms with van der Waals surface area (Å²) in [6, 6.07) is 120. The summed E-state index contributed by atoms with van der Waals surface area (Å²) in [5.41, 5.74) is 31.5. The van der Waals surface area contributed by atoms with Gasteiger partial charge < -0.3 is 19.3 Å². The van der Waals surface area contributed by atoms with Crippen molar-refractivity contribution in [2.45, 2.75) is 51.7 Å². The minimum absolute atomic E-state index is 0.470. The highest BCUT2D eigenvalue weighted by Gasteiger charge is 2.49. The van der Waals surface area contributed by atoms with Crippen LogP contribution in [0, 0.1) is 27.7 Å². The van der Waals surface area contributed by atoms with E-state index in [0.29, 0.717) is 13.2 Å². The summed E-state index contributed by atoms with van der Waals surface area (Å²) in [5.74, 6) is 1.64. The maximum atomic E-state index is 6.47. The van der Waals surface area contributed by atoms with Crippen LogP contribution in [0.2, 0.25) is 0 Å². The Kier molecular flexibility index (Phi) is 16.5. The lowest BCUT2D eigenvalue weighted by Crippen LogP contribution is -2.30. The van der Waals surface area contributed by atoms with Gasteiger partial charge in [-0.3, -0.25) is 0 Å². The van der Waals surface area contributed by atoms with Crippen LogP contribution in [0.3, 0.4) is 0 Å². The molecule has 2 aliphatic carbocycles. The van der Waals surface area contributed by atoms with Gasteiger partial charge in [0.15, 0.2) is 0 Å². The standard InChI is InChI=1S/C96H76N2O2/c1-7-69-30-34-71(35-31-69)63-99-83-52-42-75(43-53-83)95(89-58-28-65(3)59-68(89)6)90-25-17-15-23-85(90)87-56-50-81(61-93(87)95)97(77-19-11-9-12-20-77)79-46-38-73(39-47-79)74-40-48-80(49-41-74)98(78-21-13-10-14-22-78)82-51-57-88-86-24-16-18-26-91(86)96(94(88)62-82,92-60-66(4)27-29-67(92)5)76-44-54-84(55-45-76)100-64-72-36-32-70(8-2)33-37-72/h7-62H,1-2,63-64H2,3-6H3. The van der Waals surface area contributed by atoms with Gasteiger partial charge >= 0.3 is 0 Å². The third-order valence-corrected chi connectivity index (χ3v) is 20.6. The van der Waals surface area contributed by atoms with E-state index in [-0.39, 0.29) is 0 Å². The van der Waals surface area contributed by atoms with Crippen LogP contribution in [0.15, 0.2) is 341 Å². The first-order valence-electron chi connectivity index (χ1n) is 34.5. The third-order valence-electron chi connectivity index (χ3n) is 20.6. The zero-order chi connectivity index (χ0) is 67.9. The number of aryl methyl sites for hydroxylation is 4. The number of rotatable bonds is 19. The molecule has 16 rings (SSSR count). The molecular formula is C96H76N2O2. The Balaban J connectivity index is 0.751. The van der Waals surface area contributed by atoms with Crippen LogP contribution < -0.4 is 19.3 Å². The zero-order valence-electron chi connectivity index (χ0n) is 56.9. The van der Waals surface area contributed by atoms with Gasteiger partial charge in [0.1, 0.15) is 24.7 Å². The van der Waals surface area contributed by atoms with Crippen molar-refractivity contribution in [3.8, 4) is 44.9 Å². The highest BCUT2D eigenvalue weighted by atomic mass is 16.5. The normalized spacial score (nSPS) is 14.6. The number of anilines is 6. The molecule has 0 amide bonds. The molecule has 0 bridgehead atoms. The van der Waals surface area contributed by atoms with Crippen molar-refractivity contribution in [3.05, 3.63) is 430 Å². The molecule has 482 valence electrons. The predicted octanol–water partition coefficient (Wildman–Crippen LogP) is 24.7. The molecule has 0 fully saturated rings. The molecule has 100 heavy (non-hydrogen) atoms. The minimum atomic E-state index is -0.646. The molecular weight excluding hydrogens is 1210 g/mol. The number of ether oxygens (including phenoxy) is 2. The van der Waals surface area contributed by atoms with Crippen molar-refractivity contribution in [2.24, 2.45) is 0 Å². The Labute approximate surface area is 588 Å². The number of hydrogen-bond acceptors (Lipinski definition) is 4. The SMILES string of the molecule is C=Cc1ccc(COc2ccc(C3(c4ccc(C)cc4C)c4ccccc4-c4ccc(N(c5ccccc5)c5ccc(-c6ccc(N(c7ccccc7)c7ccc8c(c7)C(c7ccc(OCc9ccc(C=C)cc9)cc7)(c7cc(C)ccc7C)c7ccccc7-8)cc6)cc5)cc43)cc2)cc1. The van der Waals surface area contributed by atoms with Gasteiger partial charge in [-0.15, -0.1) is 0 Å². The third kappa shape index (κ3) is 11.1. The fourth-order valence-electron chi connectivity index (χ4n) is 15.8. The van der Waals surface area contributed by atoms with Crippen LogP contribution in [0.5, 0.6) is 11.5 Å². The quantitative estimate of drug-likeness (QED) is 0.0806. The van der Waals surface area contributed by atoms with Crippen LogP contribution in [-0.4, -0.2) is 0 Å². The van der Waals surface area contributed by atoms with Crippen LogP contribution in [0.1, 0.15) is 89.0 Å². The molecule has 0 heterocycles. The monoisotopic (exact) mass is 1290 g/mol. The number of hydrogen-bond donors (Lipinski definition) is 0. The summed E-state index contributed by atoms with van der Waals surface area (Å²) >= 11 is 0. The van der Waals surface area contributed by atoms with E-state index in [1.807, 2.05) is 12.2 Å². The average Bonchev–Trinajstić information content (AvgIpc) is 1.53. The highest BCUT2D eigenvalue weighted by molar-refractivity contribution is 5.92. The van der Waals surface area contributed by atoms with E-state index in [4.69, 9.17) is 9.47 Å². The first-order chi connectivity index (χ1) is 49.1. The second-order valence-corrected chi connectivity index (χ2v) is 26.6. The summed E-state index contributed by atoms with van der Waals surface area (Å²) in [6.07, 6.45) is 3.73. The van der Waals surface area contributed by atoms with E-state index in [2.05, 4.69) is 378 Å². The van der Waals surface area contributed by atoms with Gasteiger partial charge in [-0.1, -0.05) is 267 Å². The van der Waals surface area contributed by atoms with Crippen LogP contribution in [0.4, 0.5) is 34.1 Å². The van der Waals surface area contributed by atoms with Crippen LogP contribution >= 0.6 is 0 Å². The van der Waals surface area contributed by atoms with E-state index >= 15 is 0 Å². The highest BCUT2D eigenvalue weighted by Crippen LogP contribution is 2.60. The molecule has 0 aliphatic heterocycles. The molecule has 0 N–H and O–H groups in total. The van der Waals surface area contributed by atoms with Gasteiger partial charge in [0.2, 0.25) is 0 Å². The van der Waals surface area contributed by atoms with Crippen LogP contribution in [0.25, 0.3) is 45.5 Å². The number of para-hydroxylation sites is 2. The Bertz CT molecular complexity index is 5350. The Hall–Kier alpha value is -12.2. The lowest BCUT2D eigenvalue weighted by atomic mass is 9.66. The van der Waals surface area contributed by atoms with E-state index in [0.717, 1.165) is 79.0 Å². The second kappa shape index (κ2) is 26.3. The molecule has 4 heteroatoms.